The van der Waals surface area contributed by atoms with Crippen LogP contribution in [-0.4, -0.2) is 71.9 Å². The number of aryl methyl sites for hydroxylation is 2. The van der Waals surface area contributed by atoms with Crippen molar-refractivity contribution in [1.29, 1.82) is 0 Å². The van der Waals surface area contributed by atoms with E-state index in [2.05, 4.69) is 65.7 Å². The Bertz CT molecular complexity index is 3090. The molecule has 1 fully saturated rings. The summed E-state index contributed by atoms with van der Waals surface area (Å²) in [5, 5.41) is 27.4. The van der Waals surface area contributed by atoms with Gasteiger partial charge in [0, 0.05) is 46.3 Å². The molecule has 11 rings (SSSR count). The van der Waals surface area contributed by atoms with E-state index >= 15 is 0 Å². The normalized spacial score (nSPS) is 18.7. The molecule has 4 unspecified atom stereocenters. The van der Waals surface area contributed by atoms with Gasteiger partial charge in [-0.3, -0.25) is 9.97 Å². The number of benzene rings is 1. The quantitative estimate of drug-likeness (QED) is 0.0859. The summed E-state index contributed by atoms with van der Waals surface area (Å²) in [5.74, 6) is 2.15. The van der Waals surface area contributed by atoms with Crippen LogP contribution in [0.5, 0.6) is 0 Å². The van der Waals surface area contributed by atoms with Crippen molar-refractivity contribution in [2.75, 3.05) is 6.54 Å². The third kappa shape index (κ3) is 7.68. The molecule has 316 valence electrons. The Balaban J connectivity index is 0.795. The summed E-state index contributed by atoms with van der Waals surface area (Å²) in [7, 11) is 0. The van der Waals surface area contributed by atoms with Gasteiger partial charge in [0.05, 0.1) is 59.7 Å². The van der Waals surface area contributed by atoms with Crippen LogP contribution in [0.3, 0.4) is 0 Å². The monoisotopic (exact) mass is 837 g/mol. The first-order valence-electron chi connectivity index (χ1n) is 21.8. The van der Waals surface area contributed by atoms with Gasteiger partial charge in [0.15, 0.2) is 5.65 Å². The van der Waals surface area contributed by atoms with Crippen molar-refractivity contribution in [1.82, 2.24) is 64.7 Å². The number of aromatic nitrogens is 12. The van der Waals surface area contributed by atoms with E-state index in [1.165, 1.54) is 12.0 Å². The second kappa shape index (κ2) is 16.4. The Morgan fingerprint density at radius 2 is 1.46 bits per heavy atom. The zero-order chi connectivity index (χ0) is 42.4. The second-order valence-electron chi connectivity index (χ2n) is 17.0. The number of fused-ring (bicyclic) bond motifs is 3. The lowest BCUT2D eigenvalue weighted by Crippen LogP contribution is -2.42. The molecule has 0 aliphatic heterocycles. The fourth-order valence-corrected chi connectivity index (χ4v) is 9.61. The van der Waals surface area contributed by atoms with Gasteiger partial charge in [-0.2, -0.15) is 5.10 Å². The SMILES string of the molecule is Cc1cccc(-c2[nH]c(CNCC3CCCC([n+]4cnn5cc(-c6nc(CNC7c8ccccc8CC7O)[nH]c6-c6cccc(C)n6)ccc54)C3)nc2-c2ccc3ncnn3c2)n1. The molecule has 63 heavy (non-hydrogen) atoms. The number of pyridine rings is 4. The molecular formula is C48H49N14O+. The Morgan fingerprint density at radius 1 is 0.746 bits per heavy atom. The Hall–Kier alpha value is -6.94. The van der Waals surface area contributed by atoms with Gasteiger partial charge in [-0.25, -0.2) is 24.0 Å². The van der Waals surface area contributed by atoms with Gasteiger partial charge in [0.25, 0.3) is 12.0 Å². The first kappa shape index (κ1) is 38.9. The molecule has 1 aromatic carbocycles. The van der Waals surface area contributed by atoms with Crippen LogP contribution in [0.4, 0.5) is 0 Å². The second-order valence-corrected chi connectivity index (χ2v) is 17.0. The predicted octanol–water partition coefficient (Wildman–Crippen LogP) is 6.45. The highest BCUT2D eigenvalue weighted by atomic mass is 16.3. The first-order valence-corrected chi connectivity index (χ1v) is 21.8. The van der Waals surface area contributed by atoms with Crippen molar-refractivity contribution < 1.29 is 9.67 Å². The van der Waals surface area contributed by atoms with Crippen molar-refractivity contribution in [2.45, 2.75) is 77.2 Å². The van der Waals surface area contributed by atoms with E-state index in [4.69, 9.17) is 25.0 Å². The maximum Gasteiger partial charge on any atom is 0.266 e. The summed E-state index contributed by atoms with van der Waals surface area (Å²) in [6.45, 7) is 5.97. The van der Waals surface area contributed by atoms with Gasteiger partial charge >= 0.3 is 0 Å². The molecule has 8 heterocycles. The van der Waals surface area contributed by atoms with Crippen molar-refractivity contribution in [3.05, 3.63) is 144 Å². The first-order chi connectivity index (χ1) is 30.9. The molecule has 9 aromatic rings. The van der Waals surface area contributed by atoms with Gasteiger partial charge in [0.1, 0.15) is 29.9 Å². The topological polar surface area (TPSA) is 179 Å². The van der Waals surface area contributed by atoms with Crippen LogP contribution in [-0.2, 0) is 19.5 Å². The maximum atomic E-state index is 10.9. The van der Waals surface area contributed by atoms with Crippen LogP contribution >= 0.6 is 0 Å². The van der Waals surface area contributed by atoms with E-state index in [9.17, 15) is 5.11 Å². The van der Waals surface area contributed by atoms with Gasteiger partial charge in [-0.15, -0.1) is 0 Å². The minimum Gasteiger partial charge on any atom is -0.391 e. The fraction of sp³-hybridized carbons (Fsp3) is 0.292. The Morgan fingerprint density at radius 3 is 2.22 bits per heavy atom. The summed E-state index contributed by atoms with van der Waals surface area (Å²) in [6, 6.07) is 28.8. The summed E-state index contributed by atoms with van der Waals surface area (Å²) in [4.78, 5) is 31.4. The van der Waals surface area contributed by atoms with Crippen molar-refractivity contribution in [3.8, 4) is 45.3 Å². The predicted molar refractivity (Wildman–Crippen MR) is 238 cm³/mol. The number of hydrogen-bond donors (Lipinski definition) is 5. The number of nitrogens with one attached hydrogen (secondary N) is 4. The third-order valence-electron chi connectivity index (χ3n) is 12.7. The van der Waals surface area contributed by atoms with Gasteiger partial charge in [-0.05, 0) is 106 Å². The molecule has 2 aliphatic carbocycles. The van der Waals surface area contributed by atoms with E-state index in [0.29, 0.717) is 31.5 Å². The number of aliphatic hydroxyl groups is 1. The molecule has 4 atom stereocenters. The number of aromatic amines is 2. The molecule has 2 aliphatic rings. The van der Waals surface area contributed by atoms with Crippen molar-refractivity contribution in [2.24, 2.45) is 5.92 Å². The number of imidazole rings is 2. The molecular weight excluding hydrogens is 789 g/mol. The molecule has 5 N–H and O–H groups in total. The lowest BCUT2D eigenvalue weighted by molar-refractivity contribution is -0.703. The molecule has 0 saturated heterocycles. The highest BCUT2D eigenvalue weighted by Crippen LogP contribution is 2.35. The molecule has 0 spiro atoms. The van der Waals surface area contributed by atoms with Crippen LogP contribution in [0.25, 0.3) is 56.6 Å². The van der Waals surface area contributed by atoms with E-state index < -0.39 is 6.10 Å². The average molecular weight is 838 g/mol. The lowest BCUT2D eigenvalue weighted by Gasteiger charge is -2.28. The van der Waals surface area contributed by atoms with Crippen LogP contribution in [0.1, 0.15) is 71.9 Å². The molecule has 0 amide bonds. The van der Waals surface area contributed by atoms with Crippen LogP contribution in [0.15, 0.2) is 110 Å². The Kier molecular flexibility index (Phi) is 10.1. The number of rotatable bonds is 12. The van der Waals surface area contributed by atoms with Gasteiger partial charge < -0.3 is 25.7 Å². The molecule has 1 saturated carbocycles. The average Bonchev–Trinajstić information content (AvgIpc) is 4.15. The largest absolute Gasteiger partial charge is 0.391 e. The zero-order valence-corrected chi connectivity index (χ0v) is 35.3. The molecule has 8 aromatic heterocycles. The molecule has 0 bridgehead atoms. The smallest absolute Gasteiger partial charge is 0.266 e. The Labute approximate surface area is 363 Å². The maximum absolute atomic E-state index is 10.9. The standard InChI is InChI=1S/C48H49N14O/c1-29-8-5-14-37(54-29)47-44(33-16-18-42-51-27-52-61(42)25-33)56-40(58-47)23-49-22-31-10-7-12-35(20-31)60-28-53-62-26-34(17-19-43(60)62)45-48(38-15-6-9-30(2)55-38)59-41(57-45)24-50-46-36-13-4-3-11-32(36)21-39(46)63/h3-6,8-9,11,13-19,25-28,31,35,39,46,49-50,63H,7,10,12,20-24H2,1-2H3,(H,56,58)(H,57,59)/q+1. The van der Waals surface area contributed by atoms with Gasteiger partial charge in [-0.1, -0.05) is 40.9 Å². The van der Waals surface area contributed by atoms with Crippen molar-refractivity contribution >= 4 is 11.3 Å². The number of H-pyrrole nitrogens is 2. The van der Waals surface area contributed by atoms with E-state index in [1.807, 2.05) is 91.6 Å². The van der Waals surface area contributed by atoms with Crippen LogP contribution in [0, 0.1) is 19.8 Å². The number of hydrogen-bond acceptors (Lipinski definition) is 10. The van der Waals surface area contributed by atoms with Crippen molar-refractivity contribution in [3.63, 3.8) is 0 Å². The fourth-order valence-electron chi connectivity index (χ4n) is 9.61. The van der Waals surface area contributed by atoms with Gasteiger partial charge in [0.2, 0.25) is 0 Å². The number of nitrogens with zero attached hydrogens (tertiary/aromatic N) is 10. The minimum absolute atomic E-state index is 0.158. The zero-order valence-electron chi connectivity index (χ0n) is 35.3. The molecule has 0 radical (unpaired) electrons. The third-order valence-corrected chi connectivity index (χ3v) is 12.7. The summed E-state index contributed by atoms with van der Waals surface area (Å²) < 4.78 is 6.09. The highest BCUT2D eigenvalue weighted by molar-refractivity contribution is 5.78. The lowest BCUT2D eigenvalue weighted by atomic mass is 9.85. The van der Waals surface area contributed by atoms with E-state index in [0.717, 1.165) is 111 Å². The summed E-state index contributed by atoms with van der Waals surface area (Å²) in [6.07, 6.45) is 12.2. The summed E-state index contributed by atoms with van der Waals surface area (Å²) >= 11 is 0. The van der Waals surface area contributed by atoms with E-state index in [-0.39, 0.29) is 6.04 Å². The summed E-state index contributed by atoms with van der Waals surface area (Å²) in [5.41, 5.74) is 13.0. The van der Waals surface area contributed by atoms with E-state index in [1.54, 1.807) is 10.8 Å². The van der Waals surface area contributed by atoms with Crippen LogP contribution < -0.4 is 15.2 Å². The molecule has 15 nitrogen and oxygen atoms in total. The highest BCUT2D eigenvalue weighted by Gasteiger charge is 2.31. The number of aliphatic hydroxyl groups excluding tert-OH is 1. The minimum atomic E-state index is -0.486. The van der Waals surface area contributed by atoms with Crippen LogP contribution in [0.2, 0.25) is 0 Å². The molecule has 15 heteroatoms.